The van der Waals surface area contributed by atoms with Crippen LogP contribution in [0.1, 0.15) is 16.1 Å². The number of carboxylic acids is 1. The summed E-state index contributed by atoms with van der Waals surface area (Å²) >= 11 is 0. The van der Waals surface area contributed by atoms with Gasteiger partial charge in [0.2, 0.25) is 0 Å². The number of aromatic nitrogens is 2. The van der Waals surface area contributed by atoms with Crippen LogP contribution in [0.4, 0.5) is 4.39 Å². The largest absolute Gasteiger partial charge is 0.492 e. The lowest BCUT2D eigenvalue weighted by molar-refractivity contribution is 0.0690. The molecule has 1 aromatic heterocycles. The Kier molecular flexibility index (Phi) is 3.16. The Bertz CT molecular complexity index is 688. The third-order valence-electron chi connectivity index (χ3n) is 2.47. The molecule has 2 N–H and O–H groups in total. The molecular weight excluding hydrogens is 253 g/mol. The number of nitrogens with zero attached hydrogens (tertiary/aromatic N) is 2. The van der Waals surface area contributed by atoms with E-state index in [0.29, 0.717) is 5.56 Å². The van der Waals surface area contributed by atoms with Crippen LogP contribution in [0.25, 0.3) is 11.3 Å². The fraction of sp³-hybridized carbons (Fsp3) is 0.0833. The van der Waals surface area contributed by atoms with E-state index < -0.39 is 11.8 Å². The predicted molar refractivity (Wildman–Crippen MR) is 62.2 cm³/mol. The number of hydrogen-bond donors (Lipinski definition) is 2. The van der Waals surface area contributed by atoms with Gasteiger partial charge in [-0.2, -0.15) is 10.4 Å². The maximum absolute atomic E-state index is 13.7. The maximum Gasteiger partial charge on any atom is 0.353 e. The number of hydrogen-bond acceptors (Lipinski definition) is 4. The van der Waals surface area contributed by atoms with Crippen LogP contribution >= 0.6 is 0 Å². The number of aromatic carboxylic acids is 1. The van der Waals surface area contributed by atoms with Gasteiger partial charge in [-0.1, -0.05) is 0 Å². The molecule has 0 fully saturated rings. The number of carbonyl (C=O) groups is 1. The Morgan fingerprint density at radius 1 is 1.53 bits per heavy atom. The molecule has 0 radical (unpaired) electrons. The first-order valence-electron chi connectivity index (χ1n) is 5.13. The molecule has 0 aliphatic rings. The van der Waals surface area contributed by atoms with Crippen molar-refractivity contribution in [2.75, 3.05) is 7.11 Å². The van der Waals surface area contributed by atoms with Crippen LogP contribution in [0.3, 0.4) is 0 Å². The Morgan fingerprint density at radius 3 is 2.79 bits per heavy atom. The number of ether oxygens (including phenoxy) is 1. The van der Waals surface area contributed by atoms with E-state index in [2.05, 4.69) is 10.2 Å². The minimum atomic E-state index is -1.17. The molecule has 0 saturated carbocycles. The molecule has 0 amide bonds. The minimum Gasteiger partial charge on any atom is -0.492 e. The third-order valence-corrected chi connectivity index (χ3v) is 2.47. The summed E-state index contributed by atoms with van der Waals surface area (Å²) < 4.78 is 18.5. The van der Waals surface area contributed by atoms with E-state index in [1.807, 2.05) is 6.07 Å². The van der Waals surface area contributed by atoms with Gasteiger partial charge in [-0.15, -0.1) is 0 Å². The first-order valence-corrected chi connectivity index (χ1v) is 5.13. The molecule has 0 aliphatic heterocycles. The van der Waals surface area contributed by atoms with Crippen LogP contribution in [-0.2, 0) is 0 Å². The van der Waals surface area contributed by atoms with E-state index in [-0.39, 0.29) is 22.7 Å². The highest BCUT2D eigenvalue weighted by atomic mass is 19.1. The summed E-state index contributed by atoms with van der Waals surface area (Å²) in [7, 11) is 1.26. The molecule has 2 aromatic rings. The van der Waals surface area contributed by atoms with E-state index in [9.17, 15) is 9.18 Å². The van der Waals surface area contributed by atoms with Crippen LogP contribution in [0, 0.1) is 17.1 Å². The summed E-state index contributed by atoms with van der Waals surface area (Å²) in [6.07, 6.45) is 0. The van der Waals surface area contributed by atoms with Crippen LogP contribution in [0.15, 0.2) is 18.2 Å². The number of rotatable bonds is 3. The fourth-order valence-corrected chi connectivity index (χ4v) is 1.61. The SMILES string of the molecule is COc1c(F)cc(-c2cc(C(=O)O)[nH]n2)cc1C#N. The summed E-state index contributed by atoms with van der Waals surface area (Å²) in [6, 6.07) is 5.57. The Balaban J connectivity index is 2.54. The van der Waals surface area contributed by atoms with Gasteiger partial charge in [0, 0.05) is 5.56 Å². The minimum absolute atomic E-state index is 0.0115. The number of nitrogens with one attached hydrogen (secondary N) is 1. The maximum atomic E-state index is 13.7. The van der Waals surface area contributed by atoms with Gasteiger partial charge in [-0.25, -0.2) is 9.18 Å². The zero-order valence-corrected chi connectivity index (χ0v) is 9.77. The average molecular weight is 261 g/mol. The van der Waals surface area contributed by atoms with E-state index >= 15 is 0 Å². The Hall–Kier alpha value is -2.88. The second-order valence-electron chi connectivity index (χ2n) is 3.62. The van der Waals surface area contributed by atoms with Crippen molar-refractivity contribution in [3.8, 4) is 23.1 Å². The lowest BCUT2D eigenvalue weighted by Gasteiger charge is -2.05. The van der Waals surface area contributed by atoms with Gasteiger partial charge in [0.25, 0.3) is 0 Å². The molecule has 0 saturated heterocycles. The van der Waals surface area contributed by atoms with Gasteiger partial charge in [-0.3, -0.25) is 5.10 Å². The first-order chi connectivity index (χ1) is 9.06. The number of benzene rings is 1. The van der Waals surface area contributed by atoms with Crippen molar-refractivity contribution in [3.63, 3.8) is 0 Å². The second kappa shape index (κ2) is 4.78. The molecule has 0 aliphatic carbocycles. The number of carboxylic acid groups (broad SMARTS) is 1. The molecule has 2 rings (SSSR count). The van der Waals surface area contributed by atoms with Crippen molar-refractivity contribution >= 4 is 5.97 Å². The normalized spacial score (nSPS) is 9.95. The molecule has 7 heteroatoms. The smallest absolute Gasteiger partial charge is 0.353 e. The monoisotopic (exact) mass is 261 g/mol. The predicted octanol–water partition coefficient (Wildman–Crippen LogP) is 1.79. The standard InChI is InChI=1S/C12H8FN3O3/c1-19-11-7(5-14)2-6(3-8(11)13)9-4-10(12(17)18)16-15-9/h2-4H,1H3,(H,15,16)(H,17,18). The first kappa shape index (κ1) is 12.6. The molecule has 0 spiro atoms. The van der Waals surface area contributed by atoms with Crippen molar-refractivity contribution in [2.45, 2.75) is 0 Å². The summed E-state index contributed by atoms with van der Waals surface area (Å²) in [5.41, 5.74) is 0.413. The molecule has 0 bridgehead atoms. The number of H-pyrrole nitrogens is 1. The number of aromatic amines is 1. The summed E-state index contributed by atoms with van der Waals surface area (Å²) in [6.45, 7) is 0. The topological polar surface area (TPSA) is 99.0 Å². The molecule has 19 heavy (non-hydrogen) atoms. The number of nitriles is 1. The zero-order valence-electron chi connectivity index (χ0n) is 9.77. The van der Waals surface area contributed by atoms with E-state index in [1.54, 1.807) is 0 Å². The van der Waals surface area contributed by atoms with Crippen molar-refractivity contribution in [3.05, 3.63) is 35.3 Å². The van der Waals surface area contributed by atoms with Crippen molar-refractivity contribution in [2.24, 2.45) is 0 Å². The molecule has 0 unspecified atom stereocenters. The zero-order chi connectivity index (χ0) is 14.0. The van der Waals surface area contributed by atoms with Gasteiger partial charge in [-0.05, 0) is 18.2 Å². The van der Waals surface area contributed by atoms with Crippen LogP contribution in [0.5, 0.6) is 5.75 Å². The van der Waals surface area contributed by atoms with Gasteiger partial charge in [0.05, 0.1) is 18.4 Å². The van der Waals surface area contributed by atoms with E-state index in [4.69, 9.17) is 15.1 Å². The van der Waals surface area contributed by atoms with Crippen molar-refractivity contribution in [1.82, 2.24) is 10.2 Å². The molecule has 1 aromatic carbocycles. The fourth-order valence-electron chi connectivity index (χ4n) is 1.61. The summed E-state index contributed by atoms with van der Waals surface area (Å²) in [4.78, 5) is 10.7. The Morgan fingerprint density at radius 2 is 2.26 bits per heavy atom. The van der Waals surface area contributed by atoms with E-state index in [0.717, 1.165) is 6.07 Å². The van der Waals surface area contributed by atoms with E-state index in [1.165, 1.54) is 19.2 Å². The van der Waals surface area contributed by atoms with Gasteiger partial charge in [0.1, 0.15) is 11.8 Å². The molecule has 6 nitrogen and oxygen atoms in total. The molecular formula is C12H8FN3O3. The van der Waals surface area contributed by atoms with Gasteiger partial charge < -0.3 is 9.84 Å². The highest BCUT2D eigenvalue weighted by molar-refractivity contribution is 5.86. The summed E-state index contributed by atoms with van der Waals surface area (Å²) in [5.74, 6) is -2.04. The van der Waals surface area contributed by atoms with Crippen LogP contribution < -0.4 is 4.74 Å². The Labute approximate surface area is 107 Å². The molecule has 1 heterocycles. The van der Waals surface area contributed by atoms with Crippen LogP contribution in [0.2, 0.25) is 0 Å². The lowest BCUT2D eigenvalue weighted by atomic mass is 10.1. The quantitative estimate of drug-likeness (QED) is 0.877. The highest BCUT2D eigenvalue weighted by Crippen LogP contribution is 2.28. The molecule has 0 atom stereocenters. The number of methoxy groups -OCH3 is 1. The van der Waals surface area contributed by atoms with Crippen LogP contribution in [-0.4, -0.2) is 28.4 Å². The average Bonchev–Trinajstić information content (AvgIpc) is 2.87. The van der Waals surface area contributed by atoms with Gasteiger partial charge >= 0.3 is 5.97 Å². The second-order valence-corrected chi connectivity index (χ2v) is 3.62. The lowest BCUT2D eigenvalue weighted by Crippen LogP contribution is -1.95. The number of halogens is 1. The summed E-state index contributed by atoms with van der Waals surface area (Å²) in [5, 5.41) is 23.7. The van der Waals surface area contributed by atoms with Crippen molar-refractivity contribution in [1.29, 1.82) is 5.26 Å². The highest BCUT2D eigenvalue weighted by Gasteiger charge is 2.15. The third kappa shape index (κ3) is 2.24. The molecule has 96 valence electrons. The van der Waals surface area contributed by atoms with Crippen molar-refractivity contribution < 1.29 is 19.0 Å². The van der Waals surface area contributed by atoms with Gasteiger partial charge in [0.15, 0.2) is 11.6 Å².